The molecular formula is C5H11N3. The first kappa shape index (κ1) is 5.44. The zero-order valence-corrected chi connectivity index (χ0v) is 5.02. The van der Waals surface area contributed by atoms with Crippen LogP contribution in [-0.4, -0.2) is 11.6 Å². The molecule has 46 valence electrons. The van der Waals surface area contributed by atoms with Crippen LogP contribution in [0.1, 0.15) is 13.3 Å². The molecule has 0 bridgehead atoms. The molecule has 2 N–H and O–H groups in total. The van der Waals surface area contributed by atoms with Gasteiger partial charge in [0, 0.05) is 18.9 Å². The van der Waals surface area contributed by atoms with Crippen LogP contribution >= 0.6 is 0 Å². The summed E-state index contributed by atoms with van der Waals surface area (Å²) in [5, 5.41) is 2.00. The molecule has 8 heavy (non-hydrogen) atoms. The van der Waals surface area contributed by atoms with E-state index in [1.807, 2.05) is 17.4 Å². The van der Waals surface area contributed by atoms with Gasteiger partial charge in [-0.1, -0.05) is 6.92 Å². The lowest BCUT2D eigenvalue weighted by Gasteiger charge is -2.12. The van der Waals surface area contributed by atoms with E-state index in [1.165, 1.54) is 6.42 Å². The lowest BCUT2D eigenvalue weighted by Crippen LogP contribution is -2.35. The van der Waals surface area contributed by atoms with E-state index in [0.29, 0.717) is 0 Å². The summed E-state index contributed by atoms with van der Waals surface area (Å²) in [7, 11) is 0. The Bertz CT molecular complexity index is 89.7. The lowest BCUT2D eigenvalue weighted by molar-refractivity contribution is 0.272. The zero-order valence-electron chi connectivity index (χ0n) is 5.02. The summed E-state index contributed by atoms with van der Waals surface area (Å²) in [6.07, 6.45) is 5.01. The van der Waals surface area contributed by atoms with Crippen molar-refractivity contribution in [2.45, 2.75) is 13.3 Å². The van der Waals surface area contributed by atoms with Crippen molar-refractivity contribution in [2.75, 3.05) is 6.54 Å². The third-order valence-corrected chi connectivity index (χ3v) is 1.01. The molecule has 3 heteroatoms. The molecule has 0 atom stereocenters. The maximum Gasteiger partial charge on any atom is 0.0353 e. The van der Waals surface area contributed by atoms with Crippen LogP contribution in [0.15, 0.2) is 12.4 Å². The fraction of sp³-hybridized carbons (Fsp3) is 0.600. The minimum Gasteiger partial charge on any atom is -0.310 e. The van der Waals surface area contributed by atoms with Crippen LogP contribution < -0.4 is 11.0 Å². The fourth-order valence-corrected chi connectivity index (χ4v) is 0.656. The molecule has 0 saturated carbocycles. The van der Waals surface area contributed by atoms with Crippen molar-refractivity contribution in [3.63, 3.8) is 0 Å². The highest BCUT2D eigenvalue weighted by Gasteiger charge is 1.97. The largest absolute Gasteiger partial charge is 0.310 e. The molecule has 1 aliphatic rings. The number of nitrogens with zero attached hydrogens (tertiary/aromatic N) is 1. The first-order valence-corrected chi connectivity index (χ1v) is 2.88. The van der Waals surface area contributed by atoms with E-state index in [0.717, 1.165) is 6.54 Å². The van der Waals surface area contributed by atoms with Gasteiger partial charge in [-0.2, -0.15) is 0 Å². The van der Waals surface area contributed by atoms with Crippen LogP contribution in [0.2, 0.25) is 0 Å². The molecule has 0 aromatic heterocycles. The molecule has 0 aromatic carbocycles. The Hall–Kier alpha value is -0.700. The van der Waals surface area contributed by atoms with Crippen molar-refractivity contribution in [3.8, 4) is 0 Å². The van der Waals surface area contributed by atoms with Crippen molar-refractivity contribution in [1.82, 2.24) is 16.0 Å². The van der Waals surface area contributed by atoms with Crippen molar-refractivity contribution in [1.29, 1.82) is 0 Å². The normalized spacial score (nSPS) is 16.9. The van der Waals surface area contributed by atoms with E-state index in [4.69, 9.17) is 0 Å². The van der Waals surface area contributed by atoms with E-state index < -0.39 is 0 Å². The van der Waals surface area contributed by atoms with Gasteiger partial charge in [0.1, 0.15) is 0 Å². The fourth-order valence-electron chi connectivity index (χ4n) is 0.656. The van der Waals surface area contributed by atoms with E-state index in [1.54, 1.807) is 0 Å². The summed E-state index contributed by atoms with van der Waals surface area (Å²) in [5.41, 5.74) is 5.78. The number of nitrogens with one attached hydrogen (secondary N) is 2. The van der Waals surface area contributed by atoms with Gasteiger partial charge in [-0.05, 0) is 6.42 Å². The number of rotatable bonds is 2. The molecule has 0 spiro atoms. The Kier molecular flexibility index (Phi) is 1.75. The van der Waals surface area contributed by atoms with Gasteiger partial charge >= 0.3 is 0 Å². The van der Waals surface area contributed by atoms with E-state index in [2.05, 4.69) is 17.9 Å². The molecule has 0 amide bonds. The predicted molar refractivity (Wildman–Crippen MR) is 32.4 cm³/mol. The summed E-state index contributed by atoms with van der Waals surface area (Å²) < 4.78 is 0. The summed E-state index contributed by atoms with van der Waals surface area (Å²) in [6.45, 7) is 3.21. The molecular weight excluding hydrogens is 102 g/mol. The van der Waals surface area contributed by atoms with Crippen LogP contribution in [0.25, 0.3) is 0 Å². The number of hydrazine groups is 2. The number of hydrogen-bond acceptors (Lipinski definition) is 3. The third-order valence-electron chi connectivity index (χ3n) is 1.01. The quantitative estimate of drug-likeness (QED) is 0.535. The highest BCUT2D eigenvalue weighted by molar-refractivity contribution is 4.81. The second kappa shape index (κ2) is 2.57. The van der Waals surface area contributed by atoms with Crippen LogP contribution in [0.5, 0.6) is 0 Å². The maximum absolute atomic E-state index is 2.93. The van der Waals surface area contributed by atoms with Gasteiger partial charge in [0.05, 0.1) is 0 Å². The van der Waals surface area contributed by atoms with Crippen molar-refractivity contribution in [3.05, 3.63) is 12.4 Å². The average molecular weight is 113 g/mol. The summed E-state index contributed by atoms with van der Waals surface area (Å²) in [6, 6.07) is 0. The van der Waals surface area contributed by atoms with Crippen molar-refractivity contribution in [2.24, 2.45) is 0 Å². The minimum absolute atomic E-state index is 1.06. The summed E-state index contributed by atoms with van der Waals surface area (Å²) in [5.74, 6) is 0. The SMILES string of the molecule is CCCN1C=CNN1. The lowest BCUT2D eigenvalue weighted by atomic mass is 10.5. The first-order chi connectivity index (χ1) is 3.93. The Labute approximate surface area is 49.3 Å². The van der Waals surface area contributed by atoms with Gasteiger partial charge in [-0.15, -0.1) is 5.53 Å². The zero-order chi connectivity index (χ0) is 5.82. The van der Waals surface area contributed by atoms with Crippen LogP contribution in [0.3, 0.4) is 0 Å². The smallest absolute Gasteiger partial charge is 0.0353 e. The Morgan fingerprint density at radius 1 is 1.62 bits per heavy atom. The van der Waals surface area contributed by atoms with Crippen LogP contribution in [0, 0.1) is 0 Å². The topological polar surface area (TPSA) is 27.3 Å². The highest BCUT2D eigenvalue weighted by atomic mass is 15.7. The molecule has 1 heterocycles. The van der Waals surface area contributed by atoms with E-state index in [-0.39, 0.29) is 0 Å². The Balaban J connectivity index is 2.16. The van der Waals surface area contributed by atoms with Gasteiger partial charge < -0.3 is 5.43 Å². The van der Waals surface area contributed by atoms with Gasteiger partial charge in [-0.25, -0.2) is 0 Å². The monoisotopic (exact) mass is 113 g/mol. The standard InChI is InChI=1S/C5H11N3/c1-2-4-8-5-3-6-7-8/h3,5-7H,2,4H2,1H3. The minimum atomic E-state index is 1.06. The molecule has 3 nitrogen and oxygen atoms in total. The average Bonchev–Trinajstić information content (AvgIpc) is 2.19. The van der Waals surface area contributed by atoms with E-state index >= 15 is 0 Å². The second-order valence-electron chi connectivity index (χ2n) is 1.77. The Morgan fingerprint density at radius 3 is 3.00 bits per heavy atom. The van der Waals surface area contributed by atoms with Gasteiger partial charge in [0.15, 0.2) is 0 Å². The van der Waals surface area contributed by atoms with Gasteiger partial charge in [-0.3, -0.25) is 5.01 Å². The maximum atomic E-state index is 2.93. The van der Waals surface area contributed by atoms with Crippen molar-refractivity contribution >= 4 is 0 Å². The molecule has 0 saturated heterocycles. The third kappa shape index (κ3) is 1.13. The molecule has 1 rings (SSSR count). The predicted octanol–water partition coefficient (Wildman–Crippen LogP) is 0.192. The van der Waals surface area contributed by atoms with Crippen LogP contribution in [-0.2, 0) is 0 Å². The second-order valence-corrected chi connectivity index (χ2v) is 1.77. The highest BCUT2D eigenvalue weighted by Crippen LogP contribution is 1.88. The Morgan fingerprint density at radius 2 is 2.50 bits per heavy atom. The van der Waals surface area contributed by atoms with Gasteiger partial charge in [0.2, 0.25) is 0 Å². The molecule has 0 unspecified atom stereocenters. The molecule has 0 radical (unpaired) electrons. The summed E-state index contributed by atoms with van der Waals surface area (Å²) >= 11 is 0. The van der Waals surface area contributed by atoms with Crippen molar-refractivity contribution < 1.29 is 0 Å². The molecule has 0 fully saturated rings. The van der Waals surface area contributed by atoms with Crippen LogP contribution in [0.4, 0.5) is 0 Å². The summed E-state index contributed by atoms with van der Waals surface area (Å²) in [4.78, 5) is 0. The first-order valence-electron chi connectivity index (χ1n) is 2.88. The van der Waals surface area contributed by atoms with E-state index in [9.17, 15) is 0 Å². The molecule has 0 aromatic rings. The van der Waals surface area contributed by atoms with Gasteiger partial charge in [0.25, 0.3) is 0 Å². The number of hydrogen-bond donors (Lipinski definition) is 2. The molecule has 1 aliphatic heterocycles. The molecule has 0 aliphatic carbocycles.